The zero-order chi connectivity index (χ0) is 23.4. The van der Waals surface area contributed by atoms with Gasteiger partial charge in [-0.15, -0.1) is 0 Å². The molecular weight excluding hydrogens is 468 g/mol. The molecule has 0 radical (unpaired) electrons. The van der Waals surface area contributed by atoms with Gasteiger partial charge in [0, 0.05) is 12.2 Å². The molecule has 11 heteroatoms. The van der Waals surface area contributed by atoms with Crippen molar-refractivity contribution in [1.29, 1.82) is 0 Å². The van der Waals surface area contributed by atoms with Crippen LogP contribution in [0, 0.1) is 0 Å². The largest absolute Gasteiger partial charge is 0.492 e. The Morgan fingerprint density at radius 1 is 0.970 bits per heavy atom. The maximum atomic E-state index is 12.8. The number of halogens is 1. The van der Waals surface area contributed by atoms with Crippen molar-refractivity contribution in [2.24, 2.45) is 0 Å². The van der Waals surface area contributed by atoms with Crippen molar-refractivity contribution in [1.82, 2.24) is 14.7 Å². The molecule has 0 aliphatic heterocycles. The van der Waals surface area contributed by atoms with Crippen LogP contribution in [-0.2, 0) is 10.0 Å². The standard InChI is InChI=1S/C22H19ClN4O5S/c23-18-8-7-16(33(30,31)24-10-11-32-15-4-2-1-3-5-15)13-17(18)21(28)25-14-6-9-19-20(12-14)27-22(29)26-19/h1-9,12-13,24H,10-11H2,(H,25,28)(H2,26,27,29). The minimum atomic E-state index is -3.90. The van der Waals surface area contributed by atoms with Gasteiger partial charge in [0.15, 0.2) is 0 Å². The van der Waals surface area contributed by atoms with Crippen LogP contribution < -0.4 is 20.5 Å². The molecule has 4 N–H and O–H groups in total. The first-order valence-corrected chi connectivity index (χ1v) is 11.7. The zero-order valence-corrected chi connectivity index (χ0v) is 18.7. The Kier molecular flexibility index (Phi) is 6.50. The van der Waals surface area contributed by atoms with Crippen molar-refractivity contribution in [3.8, 4) is 5.75 Å². The fourth-order valence-electron chi connectivity index (χ4n) is 3.10. The number of ether oxygens (including phenoxy) is 1. The number of aromatic nitrogens is 2. The zero-order valence-electron chi connectivity index (χ0n) is 17.1. The molecule has 9 nitrogen and oxygen atoms in total. The molecule has 0 atom stereocenters. The van der Waals surface area contributed by atoms with Gasteiger partial charge in [-0.25, -0.2) is 17.9 Å². The number of H-pyrrole nitrogens is 2. The maximum absolute atomic E-state index is 12.8. The first kappa shape index (κ1) is 22.6. The van der Waals surface area contributed by atoms with Crippen molar-refractivity contribution >= 4 is 44.3 Å². The van der Waals surface area contributed by atoms with Crippen LogP contribution in [0.25, 0.3) is 11.0 Å². The number of para-hydroxylation sites is 1. The van der Waals surface area contributed by atoms with Crippen molar-refractivity contribution in [2.75, 3.05) is 18.5 Å². The monoisotopic (exact) mass is 486 g/mol. The average Bonchev–Trinajstić information content (AvgIpc) is 3.17. The summed E-state index contributed by atoms with van der Waals surface area (Å²) in [4.78, 5) is 29.3. The topological polar surface area (TPSA) is 133 Å². The van der Waals surface area contributed by atoms with Crippen LogP contribution in [0.15, 0.2) is 76.4 Å². The van der Waals surface area contributed by atoms with Gasteiger partial charge in [-0.2, -0.15) is 0 Å². The van der Waals surface area contributed by atoms with Gasteiger partial charge in [0.2, 0.25) is 10.0 Å². The lowest BCUT2D eigenvalue weighted by Crippen LogP contribution is -2.28. The Hall–Kier alpha value is -3.60. The Morgan fingerprint density at radius 3 is 2.52 bits per heavy atom. The van der Waals surface area contributed by atoms with Gasteiger partial charge in [-0.05, 0) is 48.5 Å². The van der Waals surface area contributed by atoms with E-state index < -0.39 is 15.9 Å². The highest BCUT2D eigenvalue weighted by Crippen LogP contribution is 2.23. The molecule has 33 heavy (non-hydrogen) atoms. The number of nitrogens with one attached hydrogen (secondary N) is 4. The Bertz CT molecular complexity index is 1470. The number of hydrogen-bond acceptors (Lipinski definition) is 5. The van der Waals surface area contributed by atoms with Crippen molar-refractivity contribution in [2.45, 2.75) is 4.90 Å². The molecule has 1 amide bonds. The van der Waals surface area contributed by atoms with Crippen LogP contribution in [-0.4, -0.2) is 37.4 Å². The summed E-state index contributed by atoms with van der Waals surface area (Å²) in [6.45, 7) is 0.171. The first-order valence-electron chi connectivity index (χ1n) is 9.82. The minimum absolute atomic E-state index is 0.0114. The second-order valence-electron chi connectivity index (χ2n) is 6.99. The van der Waals surface area contributed by atoms with E-state index in [2.05, 4.69) is 20.0 Å². The molecule has 4 aromatic rings. The molecule has 0 spiro atoms. The normalized spacial score (nSPS) is 11.4. The highest BCUT2D eigenvalue weighted by molar-refractivity contribution is 7.89. The van der Waals surface area contributed by atoms with E-state index in [9.17, 15) is 18.0 Å². The predicted octanol–water partition coefficient (Wildman–Crippen LogP) is 3.12. The molecule has 4 rings (SSSR count). The molecule has 3 aromatic carbocycles. The highest BCUT2D eigenvalue weighted by atomic mass is 35.5. The molecule has 0 saturated heterocycles. The van der Waals surface area contributed by atoms with Gasteiger partial charge in [0.1, 0.15) is 12.4 Å². The van der Waals surface area contributed by atoms with E-state index in [1.54, 1.807) is 30.3 Å². The molecule has 0 aliphatic rings. The highest BCUT2D eigenvalue weighted by Gasteiger charge is 2.19. The molecule has 1 aromatic heterocycles. The summed E-state index contributed by atoms with van der Waals surface area (Å²) in [5, 5.41) is 2.75. The van der Waals surface area contributed by atoms with Crippen LogP contribution >= 0.6 is 11.6 Å². The molecule has 0 aliphatic carbocycles. The van der Waals surface area contributed by atoms with E-state index in [1.165, 1.54) is 18.2 Å². The lowest BCUT2D eigenvalue weighted by molar-refractivity contribution is 0.102. The van der Waals surface area contributed by atoms with Crippen LogP contribution in [0.5, 0.6) is 5.75 Å². The average molecular weight is 487 g/mol. The molecule has 0 bridgehead atoms. The third-order valence-electron chi connectivity index (χ3n) is 4.67. The van der Waals surface area contributed by atoms with Crippen LogP contribution in [0.3, 0.4) is 0 Å². The van der Waals surface area contributed by atoms with Gasteiger partial charge < -0.3 is 20.0 Å². The maximum Gasteiger partial charge on any atom is 0.323 e. The molecule has 0 unspecified atom stereocenters. The van der Waals surface area contributed by atoms with E-state index in [0.29, 0.717) is 22.5 Å². The fourth-order valence-corrected chi connectivity index (χ4v) is 4.34. The predicted molar refractivity (Wildman–Crippen MR) is 125 cm³/mol. The fraction of sp³-hybridized carbons (Fsp3) is 0.0909. The van der Waals surface area contributed by atoms with Crippen LogP contribution in [0.1, 0.15) is 10.4 Å². The Labute approximate surface area is 193 Å². The number of fused-ring (bicyclic) bond motifs is 1. The number of carbonyl (C=O) groups is 1. The SMILES string of the molecule is O=C(Nc1ccc2[nH]c(=O)[nH]c2c1)c1cc(S(=O)(=O)NCCOc2ccccc2)ccc1Cl. The summed E-state index contributed by atoms with van der Waals surface area (Å²) in [6, 6.07) is 17.7. The quantitative estimate of drug-likeness (QED) is 0.284. The number of amides is 1. The van der Waals surface area contributed by atoms with E-state index in [1.807, 2.05) is 18.2 Å². The first-order chi connectivity index (χ1) is 15.8. The van der Waals surface area contributed by atoms with E-state index in [-0.39, 0.29) is 34.3 Å². The van der Waals surface area contributed by atoms with E-state index in [4.69, 9.17) is 16.3 Å². The van der Waals surface area contributed by atoms with Crippen molar-refractivity contribution < 1.29 is 17.9 Å². The molecule has 1 heterocycles. The number of carbonyl (C=O) groups excluding carboxylic acids is 1. The molecular formula is C22H19ClN4O5S. The number of aromatic amines is 2. The summed E-state index contributed by atoms with van der Waals surface area (Å²) in [5.41, 5.74) is 1.13. The van der Waals surface area contributed by atoms with Crippen molar-refractivity contribution in [3.63, 3.8) is 0 Å². The van der Waals surface area contributed by atoms with Gasteiger partial charge in [-0.3, -0.25) is 4.79 Å². The Balaban J connectivity index is 1.45. The number of hydrogen-bond donors (Lipinski definition) is 4. The lowest BCUT2D eigenvalue weighted by Gasteiger charge is -2.11. The summed E-state index contributed by atoms with van der Waals surface area (Å²) in [7, 11) is -3.90. The number of benzene rings is 3. The number of imidazole rings is 1. The van der Waals surface area contributed by atoms with Gasteiger partial charge >= 0.3 is 5.69 Å². The second-order valence-corrected chi connectivity index (χ2v) is 9.17. The lowest BCUT2D eigenvalue weighted by atomic mass is 10.2. The third kappa shape index (κ3) is 5.43. The summed E-state index contributed by atoms with van der Waals surface area (Å²) in [5.74, 6) is 0.0331. The summed E-state index contributed by atoms with van der Waals surface area (Å²) < 4.78 is 33.2. The van der Waals surface area contributed by atoms with E-state index in [0.717, 1.165) is 0 Å². The van der Waals surface area contributed by atoms with Crippen LogP contribution in [0.2, 0.25) is 5.02 Å². The van der Waals surface area contributed by atoms with Crippen molar-refractivity contribution in [3.05, 3.63) is 87.8 Å². The smallest absolute Gasteiger partial charge is 0.323 e. The van der Waals surface area contributed by atoms with E-state index >= 15 is 0 Å². The molecule has 0 saturated carbocycles. The second kappa shape index (κ2) is 9.49. The molecule has 0 fully saturated rings. The number of rotatable bonds is 8. The summed E-state index contributed by atoms with van der Waals surface area (Å²) >= 11 is 6.15. The Morgan fingerprint density at radius 2 is 1.73 bits per heavy atom. The summed E-state index contributed by atoms with van der Waals surface area (Å²) in [6.07, 6.45) is 0. The van der Waals surface area contributed by atoms with Gasteiger partial charge in [0.05, 0.1) is 26.5 Å². The van der Waals surface area contributed by atoms with Crippen LogP contribution in [0.4, 0.5) is 5.69 Å². The molecule has 170 valence electrons. The van der Waals surface area contributed by atoms with Gasteiger partial charge in [0.25, 0.3) is 5.91 Å². The third-order valence-corrected chi connectivity index (χ3v) is 6.46. The number of anilines is 1. The van der Waals surface area contributed by atoms with Gasteiger partial charge in [-0.1, -0.05) is 29.8 Å². The minimum Gasteiger partial charge on any atom is -0.492 e. The number of sulfonamides is 1.